The maximum atomic E-state index is 13.0. The fourth-order valence-corrected chi connectivity index (χ4v) is 11.5. The summed E-state index contributed by atoms with van der Waals surface area (Å²) in [5, 5.41) is 0. The molecule has 1 unspecified atom stereocenters. The van der Waals surface area contributed by atoms with Crippen molar-refractivity contribution in [1.29, 1.82) is 0 Å². The van der Waals surface area contributed by atoms with Gasteiger partial charge in [-0.05, 0) is 77.0 Å². The molecule has 6 heteroatoms. The van der Waals surface area contributed by atoms with Crippen LogP contribution in [0.5, 0.6) is 0 Å². The van der Waals surface area contributed by atoms with E-state index in [1.807, 2.05) is 0 Å². The molecule has 0 spiro atoms. The predicted octanol–water partition coefficient (Wildman–Crippen LogP) is 25.9. The van der Waals surface area contributed by atoms with Crippen molar-refractivity contribution in [3.8, 4) is 0 Å². The monoisotopic (exact) mass is 1170 g/mol. The van der Waals surface area contributed by atoms with Crippen molar-refractivity contribution in [1.82, 2.24) is 0 Å². The molecule has 1 atom stereocenters. The van der Waals surface area contributed by atoms with Crippen LogP contribution >= 0.6 is 0 Å². The number of hydrogen-bond donors (Lipinski definition) is 0. The first-order chi connectivity index (χ1) is 41.0. The molecule has 0 rings (SSSR count). The third-order valence-corrected chi connectivity index (χ3v) is 17.1. The first kappa shape index (κ1) is 80.6. The van der Waals surface area contributed by atoms with Gasteiger partial charge in [-0.1, -0.05) is 359 Å². The molecule has 488 valence electrons. The molecule has 0 aliphatic rings. The normalized spacial score (nSPS) is 12.2. The summed E-state index contributed by atoms with van der Waals surface area (Å²) >= 11 is 0. The highest BCUT2D eigenvalue weighted by Crippen LogP contribution is 2.19. The Morgan fingerprint density at radius 1 is 0.241 bits per heavy atom. The van der Waals surface area contributed by atoms with Crippen LogP contribution in [0.15, 0.2) is 36.5 Å². The molecule has 0 aromatic rings. The molecule has 83 heavy (non-hydrogen) atoms. The average Bonchev–Trinajstić information content (AvgIpc) is 3.50. The largest absolute Gasteiger partial charge is 0.462 e. The van der Waals surface area contributed by atoms with Crippen LogP contribution in [0, 0.1) is 0 Å². The molecule has 0 amide bonds. The second kappa shape index (κ2) is 72.1. The lowest BCUT2D eigenvalue weighted by molar-refractivity contribution is -0.167. The van der Waals surface area contributed by atoms with Crippen LogP contribution < -0.4 is 0 Å². The van der Waals surface area contributed by atoms with E-state index in [9.17, 15) is 14.4 Å². The van der Waals surface area contributed by atoms with E-state index >= 15 is 0 Å². The van der Waals surface area contributed by atoms with Crippen molar-refractivity contribution in [2.24, 2.45) is 0 Å². The maximum absolute atomic E-state index is 13.0. The van der Waals surface area contributed by atoms with Gasteiger partial charge in [-0.15, -0.1) is 0 Å². The second-order valence-electron chi connectivity index (χ2n) is 25.6. The Bertz CT molecular complexity index is 1380. The Labute approximate surface area is 518 Å². The summed E-state index contributed by atoms with van der Waals surface area (Å²) in [5.74, 6) is -0.838. The van der Waals surface area contributed by atoms with E-state index in [2.05, 4.69) is 57.2 Å². The number of unbranched alkanes of at least 4 members (excludes halogenated alkanes) is 53. The fraction of sp³-hybridized carbons (Fsp3) is 0.883. The minimum Gasteiger partial charge on any atom is -0.462 e. The van der Waals surface area contributed by atoms with Crippen molar-refractivity contribution in [2.45, 2.75) is 425 Å². The standard InChI is InChI=1S/C77H144O6/c1-4-7-10-13-16-19-22-25-28-31-33-35-36-37-38-39-40-42-43-46-49-52-55-58-61-64-67-70-76(79)82-73-74(72-81-75(78)69-66-63-60-57-54-51-48-45-30-27-24-21-18-15-12-9-6-3)83-77(80)71-68-65-62-59-56-53-50-47-44-41-34-32-29-26-23-20-17-14-11-8-5-2/h23,26,31-34,74H,4-22,24-25,27-30,35-73H2,1-3H3/b26-23-,33-31-,34-32-. The van der Waals surface area contributed by atoms with Gasteiger partial charge in [0, 0.05) is 19.3 Å². The van der Waals surface area contributed by atoms with Gasteiger partial charge in [0.25, 0.3) is 0 Å². The van der Waals surface area contributed by atoms with Crippen LogP contribution in [0.3, 0.4) is 0 Å². The molecular weight excluding hydrogens is 1020 g/mol. The minimum atomic E-state index is -0.773. The number of allylic oxidation sites excluding steroid dienone is 6. The summed E-state index contributed by atoms with van der Waals surface area (Å²) in [6.07, 6.45) is 90.4. The third kappa shape index (κ3) is 70.3. The lowest BCUT2D eigenvalue weighted by Crippen LogP contribution is -2.30. The summed E-state index contributed by atoms with van der Waals surface area (Å²) in [7, 11) is 0. The van der Waals surface area contributed by atoms with Gasteiger partial charge in [-0.3, -0.25) is 14.4 Å². The molecule has 6 nitrogen and oxygen atoms in total. The molecule has 0 aromatic heterocycles. The highest BCUT2D eigenvalue weighted by molar-refractivity contribution is 5.71. The van der Waals surface area contributed by atoms with Crippen LogP contribution in [0.1, 0.15) is 419 Å². The molecule has 0 aromatic carbocycles. The molecule has 0 bridgehead atoms. The molecular formula is C77H144O6. The second-order valence-corrected chi connectivity index (χ2v) is 25.6. The number of ether oxygens (including phenoxy) is 3. The first-order valence-corrected chi connectivity index (χ1v) is 37.5. The molecule has 0 saturated carbocycles. The molecule has 0 aliphatic carbocycles. The predicted molar refractivity (Wildman–Crippen MR) is 362 cm³/mol. The van der Waals surface area contributed by atoms with E-state index in [-0.39, 0.29) is 31.1 Å². The molecule has 0 saturated heterocycles. The molecule has 0 aliphatic heterocycles. The van der Waals surface area contributed by atoms with Crippen molar-refractivity contribution < 1.29 is 28.6 Å². The Balaban J connectivity index is 4.27. The number of hydrogen-bond acceptors (Lipinski definition) is 6. The van der Waals surface area contributed by atoms with Crippen LogP contribution in [-0.2, 0) is 28.6 Å². The Hall–Kier alpha value is -2.37. The van der Waals surface area contributed by atoms with E-state index in [0.29, 0.717) is 19.3 Å². The van der Waals surface area contributed by atoms with Gasteiger partial charge in [0.05, 0.1) is 0 Å². The van der Waals surface area contributed by atoms with Crippen LogP contribution in [0.25, 0.3) is 0 Å². The zero-order valence-corrected chi connectivity index (χ0v) is 56.2. The van der Waals surface area contributed by atoms with Gasteiger partial charge < -0.3 is 14.2 Å². The fourth-order valence-electron chi connectivity index (χ4n) is 11.5. The molecule has 0 radical (unpaired) electrons. The highest BCUT2D eigenvalue weighted by atomic mass is 16.6. The topological polar surface area (TPSA) is 78.9 Å². The van der Waals surface area contributed by atoms with Crippen LogP contribution in [0.2, 0.25) is 0 Å². The zero-order chi connectivity index (χ0) is 59.9. The van der Waals surface area contributed by atoms with Crippen molar-refractivity contribution >= 4 is 17.9 Å². The summed E-state index contributed by atoms with van der Waals surface area (Å²) in [5.41, 5.74) is 0. The van der Waals surface area contributed by atoms with Gasteiger partial charge in [-0.2, -0.15) is 0 Å². The molecule has 0 fully saturated rings. The Morgan fingerprint density at radius 3 is 0.675 bits per heavy atom. The number of carbonyl (C=O) groups is 3. The lowest BCUT2D eigenvalue weighted by Gasteiger charge is -2.18. The van der Waals surface area contributed by atoms with Gasteiger partial charge in [0.15, 0.2) is 6.10 Å². The van der Waals surface area contributed by atoms with Crippen LogP contribution in [-0.4, -0.2) is 37.2 Å². The summed E-state index contributed by atoms with van der Waals surface area (Å²) in [4.78, 5) is 38.5. The summed E-state index contributed by atoms with van der Waals surface area (Å²) in [6, 6.07) is 0. The summed E-state index contributed by atoms with van der Waals surface area (Å²) < 4.78 is 17.0. The first-order valence-electron chi connectivity index (χ1n) is 37.5. The van der Waals surface area contributed by atoms with Crippen molar-refractivity contribution in [2.75, 3.05) is 13.2 Å². The molecule has 0 heterocycles. The van der Waals surface area contributed by atoms with Crippen molar-refractivity contribution in [3.05, 3.63) is 36.5 Å². The smallest absolute Gasteiger partial charge is 0.306 e. The molecule has 0 N–H and O–H groups in total. The number of carbonyl (C=O) groups excluding carboxylic acids is 3. The Morgan fingerprint density at radius 2 is 0.434 bits per heavy atom. The quantitative estimate of drug-likeness (QED) is 0.0261. The number of esters is 3. The van der Waals surface area contributed by atoms with E-state index in [1.165, 1.54) is 315 Å². The van der Waals surface area contributed by atoms with E-state index in [1.54, 1.807) is 0 Å². The van der Waals surface area contributed by atoms with Gasteiger partial charge in [0.1, 0.15) is 13.2 Å². The average molecular weight is 1170 g/mol. The third-order valence-electron chi connectivity index (χ3n) is 17.1. The van der Waals surface area contributed by atoms with E-state index < -0.39 is 6.10 Å². The highest BCUT2D eigenvalue weighted by Gasteiger charge is 2.20. The van der Waals surface area contributed by atoms with Gasteiger partial charge in [-0.25, -0.2) is 0 Å². The van der Waals surface area contributed by atoms with Gasteiger partial charge in [0.2, 0.25) is 0 Å². The zero-order valence-electron chi connectivity index (χ0n) is 56.2. The van der Waals surface area contributed by atoms with Crippen molar-refractivity contribution in [3.63, 3.8) is 0 Å². The Kier molecular flexibility index (Phi) is 70.0. The van der Waals surface area contributed by atoms with Crippen LogP contribution in [0.4, 0.5) is 0 Å². The van der Waals surface area contributed by atoms with E-state index in [0.717, 1.165) is 64.2 Å². The number of rotatable bonds is 70. The SMILES string of the molecule is CCCCCCC/C=C\C/C=C\CCCCCCCCCCCC(=O)OC(COC(=O)CCCCCCCCCCCCCCCCC/C=C\CCCCCCCCCC)COC(=O)CCCCCCCCCCCCCCCCCCC. The maximum Gasteiger partial charge on any atom is 0.306 e. The van der Waals surface area contributed by atoms with Gasteiger partial charge >= 0.3 is 17.9 Å². The van der Waals surface area contributed by atoms with E-state index in [4.69, 9.17) is 14.2 Å². The lowest BCUT2D eigenvalue weighted by atomic mass is 10.0. The minimum absolute atomic E-state index is 0.0680. The summed E-state index contributed by atoms with van der Waals surface area (Å²) in [6.45, 7) is 6.71.